The SMILES string of the molecule is CC(C)(C)[O-].CC1=C(Br)C=NC1.CC1=NCC=C1Br.COc1ccc(CNc2nc3cc(OC)c(F)cc3c3nc([C@@H]4CCCN(C5=C(C)CN=C5)C4)nn23)c(OC)c1.COc1ccc(CNc2nc3cc(OC)c(F)cc3c3nc([C@@H]4CCCN(C5=CCN=C5C)C4)nn23)c(OC)c1.COc1ccc(CNc2nc3cc(OC)c(F)cc3c3nc([C@@H]4CCCNC4)nn23)c(OC)c1.[CH3-].[Na+].[Pd]. The van der Waals surface area contributed by atoms with Gasteiger partial charge in [0.25, 0.3) is 0 Å². The Hall–Kier alpha value is -11.1. The van der Waals surface area contributed by atoms with E-state index in [9.17, 15) is 18.3 Å². The summed E-state index contributed by atoms with van der Waals surface area (Å²) in [5.74, 6) is 7.22. The molecule has 720 valence electrons. The number of anilines is 3. The minimum atomic E-state index is -0.750. The second kappa shape index (κ2) is 48.3. The molecule has 19 rings (SSSR count). The summed E-state index contributed by atoms with van der Waals surface area (Å²) >= 11 is 6.67. The topological polar surface area (TPSA) is 339 Å². The molecule has 0 amide bonds. The van der Waals surface area contributed by atoms with E-state index in [-0.39, 0.29) is 92.4 Å². The summed E-state index contributed by atoms with van der Waals surface area (Å²) in [4.78, 5) is 50.9. The second-order valence-corrected chi connectivity index (χ2v) is 35.2. The largest absolute Gasteiger partial charge is 1.00 e. The number of piperidine rings is 3. The molecule has 3 fully saturated rings. The quantitative estimate of drug-likeness (QED) is 0.0341. The van der Waals surface area contributed by atoms with Crippen LogP contribution in [0.3, 0.4) is 0 Å². The zero-order valence-electron chi connectivity index (χ0n) is 80.0. The Kier molecular flexibility index (Phi) is 37.4. The van der Waals surface area contributed by atoms with Crippen molar-refractivity contribution in [1.82, 2.24) is 73.9 Å². The van der Waals surface area contributed by atoms with Gasteiger partial charge in [0.2, 0.25) is 17.8 Å². The van der Waals surface area contributed by atoms with Crippen molar-refractivity contribution in [2.75, 3.05) is 145 Å². The molecule has 6 aromatic heterocycles. The number of ether oxygens (including phenoxy) is 9. The zero-order chi connectivity index (χ0) is 94.3. The van der Waals surface area contributed by atoms with Gasteiger partial charge in [0.05, 0.1) is 124 Å². The number of likely N-dealkylation sites (tertiary alicyclic amines) is 2. The third-order valence-corrected chi connectivity index (χ3v) is 25.0. The second-order valence-electron chi connectivity index (χ2n) is 33.5. The molecule has 0 bridgehead atoms. The molecule has 0 unspecified atom stereocenters. The molecule has 0 spiro atoms. The molecule has 7 aliphatic heterocycles. The number of aliphatic imine (C=N–C) groups is 4. The monoisotopic (exact) mass is 2090 g/mol. The number of nitrogens with zero attached hydrogens (tertiary/aromatic N) is 18. The molecule has 0 saturated carbocycles. The van der Waals surface area contributed by atoms with Gasteiger partial charge in [-0.2, -0.15) is 13.5 Å². The van der Waals surface area contributed by atoms with Crippen molar-refractivity contribution < 1.29 is 111 Å². The van der Waals surface area contributed by atoms with Crippen molar-refractivity contribution in [3.05, 3.63) is 194 Å². The van der Waals surface area contributed by atoms with E-state index in [0.717, 1.165) is 147 Å². The van der Waals surface area contributed by atoms with Crippen LogP contribution in [0, 0.1) is 24.9 Å². The van der Waals surface area contributed by atoms with Crippen LogP contribution in [0.5, 0.6) is 51.7 Å². The first-order chi connectivity index (χ1) is 64.2. The van der Waals surface area contributed by atoms with Crippen molar-refractivity contribution in [1.29, 1.82) is 0 Å². The molecule has 3 atom stereocenters. The summed E-state index contributed by atoms with van der Waals surface area (Å²) in [5, 5.41) is 40.0. The molecule has 13 heterocycles. The van der Waals surface area contributed by atoms with Crippen LogP contribution in [0.25, 0.3) is 49.7 Å². The molecule has 0 aliphatic carbocycles. The molecular formula is C97H115Br2F3N22NaO10Pd-. The van der Waals surface area contributed by atoms with Crippen molar-refractivity contribution in [3.8, 4) is 51.7 Å². The number of rotatable bonds is 23. The first kappa shape index (κ1) is 105. The molecule has 4 N–H and O–H groups in total. The Labute approximate surface area is 842 Å². The number of hydrogen-bond donors (Lipinski definition) is 4. The number of hydrogen-bond acceptors (Lipinski definition) is 29. The Morgan fingerprint density at radius 1 is 0.463 bits per heavy atom. The van der Waals surface area contributed by atoms with Gasteiger partial charge in [-0.05, 0) is 183 Å². The van der Waals surface area contributed by atoms with E-state index in [1.807, 2.05) is 74.0 Å². The molecular weight excluding hydrogens is 1980 g/mol. The van der Waals surface area contributed by atoms with Gasteiger partial charge >= 0.3 is 29.6 Å². The number of aromatic nitrogens is 12. The molecule has 39 heteroatoms. The number of halogens is 5. The predicted octanol–water partition coefficient (Wildman–Crippen LogP) is 13.8. The average molecular weight is 2100 g/mol. The molecule has 7 aliphatic rings. The number of methoxy groups -OCH3 is 9. The standard InChI is InChI=1S/2C29H32FN7O3.C24H27FN6O3.2C5H6BrN.C4H9O.CH3.Na.Pd/c1-17-24(9-10-31-17)36-11-5-6-19(16-36)27-34-28-21-13-22(30)26(40-4)14-23(21)33-29(37(28)35-27)32-15-18-7-8-20(38-2)12-25(18)39-3;1-17-13-31-15-24(17)36-9-5-6-19(16-36)27-34-28-21-11-22(30)26(40-4)12-23(21)33-29(37(28)35-27)32-14-18-7-8-20(38-2)10-25(18)39-3;1-32-16-7-6-14(20(9-16)33-2)13-27-24-28-19-11-21(34-3)18(25)10-17(19)23-29-22(30-31(23)24)15-5-4-8-26-12-15;1-4-2-7-3-5(4)6;1-4-5(6)2-3-7-4;1-4(2,3)5;;;/h7-9,12-14,19H,5-6,10-11,15-16H2,1-4H3,(H,32,33);7-8,10-12,15,19H,5-6,9,13-14,16H2,1-4H3,(H,32,33);6-7,9-11,15,26H,4-5,8,12-13H2,1-3H3,(H,27,28);3H,2H2,1H3;2H,3H2,1H3;1-3H3;1H3;;/q;;;;;2*-1;+1;/t2*19-;15-;;;;;;/m111....../s1. The molecule has 136 heavy (non-hydrogen) atoms. The maximum absolute atomic E-state index is 14.8. The van der Waals surface area contributed by atoms with E-state index in [4.69, 9.17) is 87.8 Å². The fourth-order valence-electron chi connectivity index (χ4n) is 16.2. The van der Waals surface area contributed by atoms with E-state index in [0.29, 0.717) is 133 Å². The van der Waals surface area contributed by atoms with Gasteiger partial charge in [-0.25, -0.2) is 43.1 Å². The van der Waals surface area contributed by atoms with E-state index >= 15 is 0 Å². The van der Waals surface area contributed by atoms with Gasteiger partial charge in [0, 0.05) is 187 Å². The smallest absolute Gasteiger partial charge is 0.850 e. The van der Waals surface area contributed by atoms with Crippen LogP contribution < -0.4 is 98.6 Å². The molecule has 0 radical (unpaired) electrons. The molecule has 3 saturated heterocycles. The van der Waals surface area contributed by atoms with Crippen LogP contribution in [-0.4, -0.2) is 227 Å². The number of allylic oxidation sites excluding steroid dienone is 4. The molecule has 6 aromatic carbocycles. The minimum Gasteiger partial charge on any atom is -0.850 e. The Morgan fingerprint density at radius 3 is 1.15 bits per heavy atom. The van der Waals surface area contributed by atoms with Crippen molar-refractivity contribution in [2.24, 2.45) is 20.0 Å². The van der Waals surface area contributed by atoms with Crippen molar-refractivity contribution >= 4 is 123 Å². The Bertz CT molecular complexity index is 6510. The normalized spacial score (nSPS) is 16.6. The fourth-order valence-corrected chi connectivity index (χ4v) is 16.8. The minimum absolute atomic E-state index is 0. The predicted molar refractivity (Wildman–Crippen MR) is 525 cm³/mol. The zero-order valence-corrected chi connectivity index (χ0v) is 86.7. The molecule has 12 aromatic rings. The summed E-state index contributed by atoms with van der Waals surface area (Å²) in [7, 11) is 14.0. The summed E-state index contributed by atoms with van der Waals surface area (Å²) < 4.78 is 99.7. The van der Waals surface area contributed by atoms with E-state index < -0.39 is 23.1 Å². The third kappa shape index (κ3) is 25.3. The van der Waals surface area contributed by atoms with Crippen LogP contribution in [0.1, 0.15) is 139 Å². The average Bonchev–Trinajstić information content (AvgIpc) is 1.61. The first-order valence-corrected chi connectivity index (χ1v) is 45.5. The third-order valence-electron chi connectivity index (χ3n) is 23.2. The maximum atomic E-state index is 14.8. The van der Waals surface area contributed by atoms with E-state index in [1.165, 1.54) is 62.1 Å². The summed E-state index contributed by atoms with van der Waals surface area (Å²) in [6.07, 6.45) is 14.1. The Balaban J connectivity index is 0.000000176. The van der Waals surface area contributed by atoms with Gasteiger partial charge in [-0.3, -0.25) is 20.0 Å². The van der Waals surface area contributed by atoms with Crippen LogP contribution >= 0.6 is 31.9 Å². The van der Waals surface area contributed by atoms with Crippen molar-refractivity contribution in [2.45, 2.75) is 130 Å². The van der Waals surface area contributed by atoms with E-state index in [1.54, 1.807) is 95.2 Å². The number of fused-ring (bicyclic) bond motifs is 9. The van der Waals surface area contributed by atoms with Gasteiger partial charge in [0.1, 0.15) is 34.5 Å². The first-order valence-electron chi connectivity index (χ1n) is 43.9. The summed E-state index contributed by atoms with van der Waals surface area (Å²) in [6, 6.07) is 26.0. The van der Waals surface area contributed by atoms with Gasteiger partial charge in [-0.15, -0.1) is 20.9 Å². The van der Waals surface area contributed by atoms with Crippen LogP contribution in [0.15, 0.2) is 155 Å². The van der Waals surface area contributed by atoms with Gasteiger partial charge in [0.15, 0.2) is 69.1 Å². The van der Waals surface area contributed by atoms with Gasteiger partial charge < -0.3 is 86.2 Å². The fraction of sp³-hybridized carbons (Fsp3) is 0.402. The van der Waals surface area contributed by atoms with Crippen LogP contribution in [0.2, 0.25) is 0 Å². The number of nitrogens with one attached hydrogen (secondary N) is 4. The summed E-state index contributed by atoms with van der Waals surface area (Å²) in [6.45, 7) is 23.0. The maximum Gasteiger partial charge on any atom is 1.00 e. The van der Waals surface area contributed by atoms with Gasteiger partial charge in [-0.1, -0.05) is 20.8 Å². The van der Waals surface area contributed by atoms with E-state index in [2.05, 4.69) is 116 Å². The van der Waals surface area contributed by atoms with Crippen LogP contribution in [0.4, 0.5) is 31.0 Å². The summed E-state index contributed by atoms with van der Waals surface area (Å²) in [5.41, 5.74) is 12.5. The molecule has 32 nitrogen and oxygen atoms in total. The van der Waals surface area contributed by atoms with Crippen molar-refractivity contribution in [3.63, 3.8) is 0 Å². The Morgan fingerprint density at radius 2 is 0.838 bits per heavy atom. The van der Waals surface area contributed by atoms with Crippen LogP contribution in [-0.2, 0) is 40.1 Å². The number of benzene rings is 6.